The standard InChI is InChI=1S/C18H13F2NO3/c1-10(13-7-6-12(19)9-15(13)20)21-17(22)14-8-11-4-2-3-5-16(11)24-18(14)23/h2-10H,1H3,(H,21,22). The molecule has 0 radical (unpaired) electrons. The maximum absolute atomic E-state index is 13.8. The molecule has 0 saturated carbocycles. The molecule has 3 rings (SSSR count). The van der Waals surface area contributed by atoms with Gasteiger partial charge in [-0.1, -0.05) is 24.3 Å². The van der Waals surface area contributed by atoms with Crippen LogP contribution >= 0.6 is 0 Å². The van der Waals surface area contributed by atoms with Gasteiger partial charge < -0.3 is 9.73 Å². The molecule has 122 valence electrons. The van der Waals surface area contributed by atoms with Crippen LogP contribution in [0.2, 0.25) is 0 Å². The lowest BCUT2D eigenvalue weighted by Crippen LogP contribution is -2.31. The molecule has 1 aromatic heterocycles. The Bertz CT molecular complexity index is 981. The van der Waals surface area contributed by atoms with Crippen molar-refractivity contribution in [1.29, 1.82) is 0 Å². The first-order valence-electron chi connectivity index (χ1n) is 7.24. The van der Waals surface area contributed by atoms with E-state index in [1.807, 2.05) is 0 Å². The maximum atomic E-state index is 13.8. The van der Waals surface area contributed by atoms with Crippen molar-refractivity contribution in [1.82, 2.24) is 5.32 Å². The van der Waals surface area contributed by atoms with E-state index in [2.05, 4.69) is 5.32 Å². The Morgan fingerprint density at radius 2 is 1.88 bits per heavy atom. The van der Waals surface area contributed by atoms with Crippen molar-refractivity contribution in [2.75, 3.05) is 0 Å². The normalized spacial score (nSPS) is 12.1. The minimum Gasteiger partial charge on any atom is -0.422 e. The molecule has 0 aliphatic carbocycles. The molecule has 24 heavy (non-hydrogen) atoms. The summed E-state index contributed by atoms with van der Waals surface area (Å²) in [6.45, 7) is 1.54. The Morgan fingerprint density at radius 1 is 1.12 bits per heavy atom. The summed E-state index contributed by atoms with van der Waals surface area (Å²) in [5.41, 5.74) is -0.465. The van der Waals surface area contributed by atoms with Crippen LogP contribution in [0.25, 0.3) is 11.0 Å². The lowest BCUT2D eigenvalue weighted by molar-refractivity contribution is 0.0936. The van der Waals surface area contributed by atoms with Gasteiger partial charge in [0.2, 0.25) is 0 Å². The topological polar surface area (TPSA) is 59.3 Å². The van der Waals surface area contributed by atoms with Crippen LogP contribution in [0.4, 0.5) is 8.78 Å². The SMILES string of the molecule is CC(NC(=O)c1cc2ccccc2oc1=O)c1ccc(F)cc1F. The van der Waals surface area contributed by atoms with Crippen LogP contribution in [-0.4, -0.2) is 5.91 Å². The predicted molar refractivity (Wildman–Crippen MR) is 84.7 cm³/mol. The van der Waals surface area contributed by atoms with E-state index in [1.54, 1.807) is 24.3 Å². The third kappa shape index (κ3) is 3.03. The molecule has 1 unspecified atom stereocenters. The van der Waals surface area contributed by atoms with Crippen LogP contribution in [-0.2, 0) is 0 Å². The van der Waals surface area contributed by atoms with E-state index in [0.717, 1.165) is 12.1 Å². The van der Waals surface area contributed by atoms with Crippen molar-refractivity contribution >= 4 is 16.9 Å². The van der Waals surface area contributed by atoms with Gasteiger partial charge in [0.1, 0.15) is 22.8 Å². The molecule has 6 heteroatoms. The third-order valence-corrected chi connectivity index (χ3v) is 3.66. The fraction of sp³-hybridized carbons (Fsp3) is 0.111. The van der Waals surface area contributed by atoms with Gasteiger partial charge in [-0.15, -0.1) is 0 Å². The number of halogens is 2. The van der Waals surface area contributed by atoms with E-state index in [-0.39, 0.29) is 11.1 Å². The highest BCUT2D eigenvalue weighted by atomic mass is 19.1. The molecule has 1 heterocycles. The van der Waals surface area contributed by atoms with Crippen LogP contribution in [0.1, 0.15) is 28.9 Å². The van der Waals surface area contributed by atoms with Gasteiger partial charge in [-0.3, -0.25) is 4.79 Å². The second kappa shape index (κ2) is 6.23. The quantitative estimate of drug-likeness (QED) is 0.748. The molecule has 1 amide bonds. The van der Waals surface area contributed by atoms with Gasteiger partial charge in [0, 0.05) is 17.0 Å². The number of hydrogen-bond acceptors (Lipinski definition) is 3. The first kappa shape index (κ1) is 15.9. The zero-order valence-electron chi connectivity index (χ0n) is 12.7. The number of para-hydroxylation sites is 1. The number of carbonyl (C=O) groups excluding carboxylic acids is 1. The molecule has 0 fully saturated rings. The fourth-order valence-electron chi connectivity index (χ4n) is 2.43. The van der Waals surface area contributed by atoms with Crippen molar-refractivity contribution in [3.05, 3.63) is 81.7 Å². The molecule has 2 aromatic carbocycles. The van der Waals surface area contributed by atoms with Crippen LogP contribution < -0.4 is 10.9 Å². The average Bonchev–Trinajstić information content (AvgIpc) is 2.53. The number of amides is 1. The molecular weight excluding hydrogens is 316 g/mol. The van der Waals surface area contributed by atoms with Gasteiger partial charge in [-0.2, -0.15) is 0 Å². The summed E-state index contributed by atoms with van der Waals surface area (Å²) in [5, 5.41) is 3.12. The zero-order chi connectivity index (χ0) is 17.3. The summed E-state index contributed by atoms with van der Waals surface area (Å²) in [4.78, 5) is 24.3. The van der Waals surface area contributed by atoms with E-state index < -0.39 is 29.2 Å². The van der Waals surface area contributed by atoms with Crippen molar-refractivity contribution in [3.63, 3.8) is 0 Å². The number of rotatable bonds is 3. The monoisotopic (exact) mass is 329 g/mol. The first-order valence-corrected chi connectivity index (χ1v) is 7.24. The van der Waals surface area contributed by atoms with Crippen LogP contribution in [0.5, 0.6) is 0 Å². The number of benzene rings is 2. The van der Waals surface area contributed by atoms with Crippen LogP contribution in [0, 0.1) is 11.6 Å². The lowest BCUT2D eigenvalue weighted by Gasteiger charge is -2.15. The summed E-state index contributed by atoms with van der Waals surface area (Å²) in [6, 6.07) is 10.6. The average molecular weight is 329 g/mol. The Balaban J connectivity index is 1.89. The minimum absolute atomic E-state index is 0.120. The second-order valence-electron chi connectivity index (χ2n) is 5.35. The van der Waals surface area contributed by atoms with Crippen molar-refractivity contribution in [3.8, 4) is 0 Å². The summed E-state index contributed by atoms with van der Waals surface area (Å²) in [5.74, 6) is -2.16. The molecule has 4 nitrogen and oxygen atoms in total. The van der Waals surface area contributed by atoms with Crippen molar-refractivity contribution < 1.29 is 18.0 Å². The Labute approximate surface area is 135 Å². The first-order chi connectivity index (χ1) is 11.5. The summed E-state index contributed by atoms with van der Waals surface area (Å²) >= 11 is 0. The fourth-order valence-corrected chi connectivity index (χ4v) is 2.43. The van der Waals surface area contributed by atoms with Gasteiger partial charge in [0.25, 0.3) is 5.91 Å². The van der Waals surface area contributed by atoms with Gasteiger partial charge in [-0.05, 0) is 25.1 Å². The molecule has 0 aliphatic heterocycles. The van der Waals surface area contributed by atoms with Gasteiger partial charge in [0.05, 0.1) is 6.04 Å². The summed E-state index contributed by atoms with van der Waals surface area (Å²) in [6.07, 6.45) is 0. The molecule has 1 atom stereocenters. The van der Waals surface area contributed by atoms with E-state index in [4.69, 9.17) is 4.42 Å². The van der Waals surface area contributed by atoms with E-state index >= 15 is 0 Å². The van der Waals surface area contributed by atoms with Crippen LogP contribution in [0.3, 0.4) is 0 Å². The number of hydrogen-bond donors (Lipinski definition) is 1. The summed E-state index contributed by atoms with van der Waals surface area (Å²) < 4.78 is 31.8. The molecule has 0 bridgehead atoms. The van der Waals surface area contributed by atoms with Gasteiger partial charge >= 0.3 is 5.63 Å². The number of carbonyl (C=O) groups is 1. The van der Waals surface area contributed by atoms with Gasteiger partial charge in [0.15, 0.2) is 0 Å². The van der Waals surface area contributed by atoms with E-state index in [1.165, 1.54) is 19.1 Å². The van der Waals surface area contributed by atoms with Gasteiger partial charge in [-0.25, -0.2) is 13.6 Å². The highest BCUT2D eigenvalue weighted by molar-refractivity contribution is 5.96. The highest BCUT2D eigenvalue weighted by Crippen LogP contribution is 2.18. The van der Waals surface area contributed by atoms with Crippen molar-refractivity contribution in [2.45, 2.75) is 13.0 Å². The third-order valence-electron chi connectivity index (χ3n) is 3.66. The molecule has 0 saturated heterocycles. The molecular formula is C18H13F2NO3. The molecule has 0 spiro atoms. The summed E-state index contributed by atoms with van der Waals surface area (Å²) in [7, 11) is 0. The number of fused-ring (bicyclic) bond motifs is 1. The van der Waals surface area contributed by atoms with E-state index in [9.17, 15) is 18.4 Å². The highest BCUT2D eigenvalue weighted by Gasteiger charge is 2.18. The Kier molecular flexibility index (Phi) is 4.12. The Hall–Kier alpha value is -3.02. The molecule has 1 N–H and O–H groups in total. The largest absolute Gasteiger partial charge is 0.422 e. The number of nitrogens with one attached hydrogen (secondary N) is 1. The Morgan fingerprint density at radius 3 is 2.62 bits per heavy atom. The second-order valence-corrected chi connectivity index (χ2v) is 5.35. The van der Waals surface area contributed by atoms with Crippen molar-refractivity contribution in [2.24, 2.45) is 0 Å². The van der Waals surface area contributed by atoms with Crippen LogP contribution in [0.15, 0.2) is 57.7 Å². The smallest absolute Gasteiger partial charge is 0.349 e. The predicted octanol–water partition coefficient (Wildman–Crippen LogP) is 3.56. The lowest BCUT2D eigenvalue weighted by atomic mass is 10.1. The molecule has 3 aromatic rings. The minimum atomic E-state index is -0.780. The maximum Gasteiger partial charge on any atom is 0.349 e. The van der Waals surface area contributed by atoms with E-state index in [0.29, 0.717) is 11.0 Å². The molecule has 0 aliphatic rings. The zero-order valence-corrected chi connectivity index (χ0v) is 12.7.